The van der Waals surface area contributed by atoms with Gasteiger partial charge < -0.3 is 0 Å². The lowest BCUT2D eigenvalue weighted by molar-refractivity contribution is -0.126. The van der Waals surface area contributed by atoms with Crippen molar-refractivity contribution in [1.82, 2.24) is 0 Å². The Morgan fingerprint density at radius 3 is 2.10 bits per heavy atom. The molecule has 0 N–H and O–H groups in total. The molecule has 0 saturated carbocycles. The third-order valence-corrected chi connectivity index (χ3v) is 5.66. The first-order valence-corrected chi connectivity index (χ1v) is 7.62. The molecule has 0 spiro atoms. The summed E-state index contributed by atoms with van der Waals surface area (Å²) in [4.78, 5) is 26.3. The molecule has 1 unspecified atom stereocenters. The number of amides is 2. The molecule has 1 saturated heterocycles. The van der Waals surface area contributed by atoms with E-state index >= 15 is 0 Å². The van der Waals surface area contributed by atoms with Crippen LogP contribution in [0.1, 0.15) is 38.3 Å². The second-order valence-electron chi connectivity index (χ2n) is 6.18. The number of carbonyl (C=O) groups excluding carboxylic acids is 2. The second-order valence-corrected chi connectivity index (χ2v) is 6.97. The van der Waals surface area contributed by atoms with Gasteiger partial charge in [0.25, 0.3) is 0 Å². The van der Waals surface area contributed by atoms with Gasteiger partial charge in [0.2, 0.25) is 11.8 Å². The standard InChI is InChI=1S/C16H20BrNO2/c1-9(2)16(5)8-13(19)18(15(16)20)12-6-10(3)14(17)11(4)7-12/h6-7,9H,8H2,1-5H3. The molecule has 0 radical (unpaired) electrons. The minimum absolute atomic E-state index is 0.0846. The number of rotatable bonds is 2. The largest absolute Gasteiger partial charge is 0.274 e. The number of imide groups is 1. The van der Waals surface area contributed by atoms with Crippen LogP contribution >= 0.6 is 15.9 Å². The van der Waals surface area contributed by atoms with Gasteiger partial charge in [0.15, 0.2) is 0 Å². The molecule has 1 atom stereocenters. The Balaban J connectivity index is 2.49. The highest BCUT2D eigenvalue weighted by atomic mass is 79.9. The highest BCUT2D eigenvalue weighted by molar-refractivity contribution is 9.10. The average molecular weight is 338 g/mol. The summed E-state index contributed by atoms with van der Waals surface area (Å²) < 4.78 is 1.02. The van der Waals surface area contributed by atoms with Gasteiger partial charge in [0, 0.05) is 10.9 Å². The van der Waals surface area contributed by atoms with Crippen LogP contribution in [0.3, 0.4) is 0 Å². The second kappa shape index (κ2) is 4.99. The van der Waals surface area contributed by atoms with Crippen LogP contribution in [0.5, 0.6) is 0 Å². The van der Waals surface area contributed by atoms with Crippen LogP contribution in [-0.2, 0) is 9.59 Å². The first kappa shape index (κ1) is 15.2. The highest BCUT2D eigenvalue weighted by Crippen LogP contribution is 2.42. The maximum atomic E-state index is 12.7. The molecular weight excluding hydrogens is 318 g/mol. The van der Waals surface area contributed by atoms with Crippen LogP contribution in [0.25, 0.3) is 0 Å². The Morgan fingerprint density at radius 2 is 1.70 bits per heavy atom. The molecule has 1 aromatic carbocycles. The lowest BCUT2D eigenvalue weighted by Crippen LogP contribution is -2.37. The van der Waals surface area contributed by atoms with E-state index in [9.17, 15) is 9.59 Å². The van der Waals surface area contributed by atoms with E-state index in [1.807, 2.05) is 46.8 Å². The number of anilines is 1. The summed E-state index contributed by atoms with van der Waals surface area (Å²) in [6.45, 7) is 9.80. The van der Waals surface area contributed by atoms with Gasteiger partial charge in [-0.2, -0.15) is 0 Å². The monoisotopic (exact) mass is 337 g/mol. The lowest BCUT2D eigenvalue weighted by Gasteiger charge is -2.26. The molecule has 4 heteroatoms. The molecule has 1 fully saturated rings. The van der Waals surface area contributed by atoms with Crippen molar-refractivity contribution in [1.29, 1.82) is 0 Å². The highest BCUT2D eigenvalue weighted by Gasteiger charge is 2.50. The van der Waals surface area contributed by atoms with Crippen LogP contribution < -0.4 is 4.90 Å². The smallest absolute Gasteiger partial charge is 0.240 e. The molecule has 2 rings (SSSR count). The zero-order valence-corrected chi connectivity index (χ0v) is 14.2. The molecular formula is C16H20BrNO2. The van der Waals surface area contributed by atoms with Crippen LogP contribution in [0.2, 0.25) is 0 Å². The van der Waals surface area contributed by atoms with Gasteiger partial charge in [-0.15, -0.1) is 0 Å². The Kier molecular flexibility index (Phi) is 3.80. The number of carbonyl (C=O) groups is 2. The van der Waals surface area contributed by atoms with Crippen molar-refractivity contribution in [3.8, 4) is 0 Å². The zero-order valence-electron chi connectivity index (χ0n) is 12.6. The Hall–Kier alpha value is -1.16. The van der Waals surface area contributed by atoms with Crippen LogP contribution in [0, 0.1) is 25.2 Å². The van der Waals surface area contributed by atoms with Crippen LogP contribution in [-0.4, -0.2) is 11.8 Å². The number of halogens is 1. The van der Waals surface area contributed by atoms with Crippen LogP contribution in [0.15, 0.2) is 16.6 Å². The summed E-state index contributed by atoms with van der Waals surface area (Å²) in [6, 6.07) is 3.78. The molecule has 0 aromatic heterocycles. The molecule has 108 valence electrons. The van der Waals surface area contributed by atoms with Gasteiger partial charge in [0.05, 0.1) is 11.1 Å². The number of hydrogen-bond acceptors (Lipinski definition) is 2. The fourth-order valence-corrected chi connectivity index (χ4v) is 2.83. The van der Waals surface area contributed by atoms with Gasteiger partial charge in [0.1, 0.15) is 0 Å². The van der Waals surface area contributed by atoms with Gasteiger partial charge in [-0.05, 0) is 49.9 Å². The first-order valence-electron chi connectivity index (χ1n) is 6.82. The minimum Gasteiger partial charge on any atom is -0.274 e. The molecule has 3 nitrogen and oxygen atoms in total. The maximum absolute atomic E-state index is 12.7. The summed E-state index contributed by atoms with van der Waals surface area (Å²) in [5, 5.41) is 0. The lowest BCUT2D eigenvalue weighted by atomic mass is 9.78. The number of nitrogens with zero attached hydrogens (tertiary/aromatic N) is 1. The normalized spacial score (nSPS) is 23.1. The zero-order chi connectivity index (χ0) is 15.2. The van der Waals surface area contributed by atoms with E-state index in [1.165, 1.54) is 4.90 Å². The third kappa shape index (κ3) is 2.20. The molecule has 1 aromatic rings. The molecule has 2 amide bonds. The van der Waals surface area contributed by atoms with Crippen molar-refractivity contribution >= 4 is 33.4 Å². The van der Waals surface area contributed by atoms with E-state index in [-0.39, 0.29) is 24.2 Å². The van der Waals surface area contributed by atoms with Crippen molar-refractivity contribution in [3.63, 3.8) is 0 Å². The Bertz CT molecular complexity index is 571. The van der Waals surface area contributed by atoms with E-state index in [1.54, 1.807) is 0 Å². The van der Waals surface area contributed by atoms with Gasteiger partial charge in [-0.3, -0.25) is 14.5 Å². The summed E-state index contributed by atoms with van der Waals surface area (Å²) in [6.07, 6.45) is 0.289. The van der Waals surface area contributed by atoms with Gasteiger partial charge in [-0.1, -0.05) is 29.8 Å². The van der Waals surface area contributed by atoms with E-state index in [4.69, 9.17) is 0 Å². The summed E-state index contributed by atoms with van der Waals surface area (Å²) in [7, 11) is 0. The topological polar surface area (TPSA) is 37.4 Å². The summed E-state index contributed by atoms with van der Waals surface area (Å²) >= 11 is 3.51. The maximum Gasteiger partial charge on any atom is 0.240 e. The molecule has 0 bridgehead atoms. The van der Waals surface area contributed by atoms with Crippen molar-refractivity contribution in [2.45, 2.75) is 41.0 Å². The Labute approximate surface area is 128 Å². The molecule has 0 aliphatic carbocycles. The summed E-state index contributed by atoms with van der Waals surface area (Å²) in [5.41, 5.74) is 2.14. The quantitative estimate of drug-likeness (QED) is 0.765. The van der Waals surface area contributed by atoms with Crippen molar-refractivity contribution in [2.75, 3.05) is 4.90 Å². The van der Waals surface area contributed by atoms with E-state index < -0.39 is 5.41 Å². The van der Waals surface area contributed by atoms with Crippen molar-refractivity contribution in [3.05, 3.63) is 27.7 Å². The molecule has 20 heavy (non-hydrogen) atoms. The number of benzene rings is 1. The van der Waals surface area contributed by atoms with E-state index in [2.05, 4.69) is 15.9 Å². The number of hydrogen-bond donors (Lipinski definition) is 0. The predicted octanol–water partition coefficient (Wildman–Crippen LogP) is 3.99. The minimum atomic E-state index is -0.591. The molecule has 1 aliphatic heterocycles. The SMILES string of the molecule is Cc1cc(N2C(=O)CC(C)(C(C)C)C2=O)cc(C)c1Br. The Morgan fingerprint density at radius 1 is 1.20 bits per heavy atom. The predicted molar refractivity (Wildman–Crippen MR) is 83.7 cm³/mol. The fraction of sp³-hybridized carbons (Fsp3) is 0.500. The average Bonchev–Trinajstić information content (AvgIpc) is 2.58. The van der Waals surface area contributed by atoms with Gasteiger partial charge >= 0.3 is 0 Å². The van der Waals surface area contributed by atoms with E-state index in [0.717, 1.165) is 15.6 Å². The third-order valence-electron chi connectivity index (χ3n) is 4.41. The first-order chi connectivity index (χ1) is 9.18. The number of aryl methyl sites for hydroxylation is 2. The molecule has 1 aliphatic rings. The van der Waals surface area contributed by atoms with Crippen molar-refractivity contribution < 1.29 is 9.59 Å². The van der Waals surface area contributed by atoms with E-state index in [0.29, 0.717) is 5.69 Å². The summed E-state index contributed by atoms with van der Waals surface area (Å²) in [5.74, 6) is -0.0486. The molecule has 1 heterocycles. The van der Waals surface area contributed by atoms with Crippen molar-refractivity contribution in [2.24, 2.45) is 11.3 Å². The van der Waals surface area contributed by atoms with Crippen LogP contribution in [0.4, 0.5) is 5.69 Å². The van der Waals surface area contributed by atoms with Gasteiger partial charge in [-0.25, -0.2) is 0 Å². The fourth-order valence-electron chi connectivity index (χ4n) is 2.60.